The van der Waals surface area contributed by atoms with Gasteiger partial charge >= 0.3 is 230 Å². The van der Waals surface area contributed by atoms with Crippen molar-refractivity contribution in [3.63, 3.8) is 0 Å². The van der Waals surface area contributed by atoms with Crippen LogP contribution in [0.2, 0.25) is 0 Å². The molecular weight excluding hydrogens is 1370 g/mol. The van der Waals surface area contributed by atoms with Gasteiger partial charge in [0.2, 0.25) is 0 Å². The summed E-state index contributed by atoms with van der Waals surface area (Å²) < 4.78 is 30.1. The van der Waals surface area contributed by atoms with Crippen LogP contribution in [0.1, 0.15) is 257 Å². The summed E-state index contributed by atoms with van der Waals surface area (Å²) in [7, 11) is 7.03. The van der Waals surface area contributed by atoms with E-state index in [1.165, 1.54) is 202 Å². The van der Waals surface area contributed by atoms with E-state index in [2.05, 4.69) is 183 Å². The minimum Gasteiger partial charge on any atom is -1.00 e. The third-order valence-corrected chi connectivity index (χ3v) is 10.1. The van der Waals surface area contributed by atoms with Gasteiger partial charge in [-0.1, -0.05) is 194 Å². The molecule has 4 N–H and O–H groups in total. The average Bonchev–Trinajstić information content (AvgIpc) is 1.05. The van der Waals surface area contributed by atoms with Crippen LogP contribution in [0.3, 0.4) is 0 Å². The molecule has 0 saturated carbocycles. The molecule has 576 valence electrons. The van der Waals surface area contributed by atoms with Crippen molar-refractivity contribution in [2.24, 2.45) is 0 Å². The molecule has 0 aliphatic rings. The zero-order chi connectivity index (χ0) is 73.0. The number of methoxy groups -OCH3 is 4. The van der Waals surface area contributed by atoms with Gasteiger partial charge in [-0.15, -0.1) is 12.8 Å². The van der Waals surface area contributed by atoms with E-state index in [0.717, 1.165) is 39.9 Å². The van der Waals surface area contributed by atoms with Crippen LogP contribution in [0.25, 0.3) is 0 Å². The Morgan fingerprint density at radius 1 is 0.367 bits per heavy atom. The molecule has 0 bridgehead atoms. The maximum atomic E-state index is 11.3. The SMILES string of the molecule is C#CC#CC#CC#CC#CC#COC(=O)OC.C#CC#CC#CC#CC#CC#COC(=O)OCCCCCCCCCCCC.CCCCCCCCCCCCO.CCCCCCCCCCCCO.CO.CO.COC(=O)OC.COC(C)=O.O=CO[O-].O=CO[O-].[H-].[H-].[HH].[HH].[HH].[HH].[HH].[HH].[HH].[HH].[HH].[HH].[HH].[HH].[HH].[HH].[HH].[HH].[HH].[HH].[HH].[HH].[HH].[HH].[HH].[HH].[K+].[K+].[K+].[K+]. The summed E-state index contributed by atoms with van der Waals surface area (Å²) in [5.41, 5.74) is 0. The summed E-state index contributed by atoms with van der Waals surface area (Å²) in [6.45, 7) is 8.83. The van der Waals surface area contributed by atoms with Gasteiger partial charge < -0.3 is 76.7 Å². The molecule has 98 heavy (non-hydrogen) atoms. The Labute approximate surface area is 798 Å². The smallest absolute Gasteiger partial charge is 1.00 e. The van der Waals surface area contributed by atoms with Crippen molar-refractivity contribution in [2.75, 3.05) is 62.5 Å². The molecule has 0 rings (SSSR count). The molecule has 0 aromatic heterocycles. The number of esters is 1. The van der Waals surface area contributed by atoms with Gasteiger partial charge in [-0.3, -0.25) is 14.4 Å². The predicted molar refractivity (Wildman–Crippen MR) is 412 cm³/mol. The Morgan fingerprint density at radius 2 is 0.571 bits per heavy atom. The van der Waals surface area contributed by atoms with E-state index in [0.29, 0.717) is 19.8 Å². The summed E-state index contributed by atoms with van der Waals surface area (Å²) >= 11 is 0. The number of aliphatic hydroxyl groups is 4. The van der Waals surface area contributed by atoms with E-state index in [1.807, 2.05) is 6.11 Å². The summed E-state index contributed by atoms with van der Waals surface area (Å²) in [4.78, 5) is 63.5. The van der Waals surface area contributed by atoms with Crippen LogP contribution in [0.15, 0.2) is 0 Å². The fourth-order valence-corrected chi connectivity index (χ4v) is 5.79. The number of aliphatic hydroxyl groups excluding tert-OH is 4. The molecule has 0 radical (unpaired) electrons. The summed E-state index contributed by atoms with van der Waals surface area (Å²) in [6, 6.07) is 0. The first-order chi connectivity index (χ1) is 45.9. The quantitative estimate of drug-likeness (QED) is 0.0106. The van der Waals surface area contributed by atoms with Crippen molar-refractivity contribution in [3.05, 3.63) is 0 Å². The van der Waals surface area contributed by atoms with E-state index in [9.17, 15) is 19.2 Å². The number of ether oxygens (including phenoxy) is 7. The Bertz CT molecular complexity index is 2540. The Kier molecular flexibility index (Phi) is 189. The molecule has 21 nitrogen and oxygen atoms in total. The van der Waals surface area contributed by atoms with Crippen molar-refractivity contribution < 1.29 is 345 Å². The third kappa shape index (κ3) is 181. The zero-order valence-corrected chi connectivity index (χ0v) is 73.9. The molecule has 0 saturated heterocycles. The minimum atomic E-state index is -0.900. The standard InChI is InChI=1S/C25H26O3.C14H4O3.2C12H26O.C3H6O3.C3H6O2.2CH2O3.2CH4O.4K.24H2.2H/c1-3-5-7-9-11-13-15-17-19-21-23-27-25(26)28-24-22-20-18-16-14-12-10-8-6-4-2;1-3-4-5-6-7-8-9-10-11-12-13-17-14(15)16-2;2*1-2-3-4-5-6-7-8-9-10-11-12-13;1-5-3(4)6-2;1-3(4)5-2;2*2-1-4-3;2*1-2;;;;;;;;;;;;;;;;;;;;;;;;;;;;;;/h1H,4,6,8,10,12,14,16,18,20,22,24H2,2H3;1H,2H3;2*13H,2-12H2,1H3;1-2H3;1-2H3;2*1,3H;2*2H,1H3;;;;;24*1H;;/q;;;;;;;;;;4*+1;;;;;;;;;;;;;;;;;;;;;;;;;2*-1/p-2. The number of hydrogen-bond donors (Lipinski definition) is 4. The summed E-state index contributed by atoms with van der Waals surface area (Å²) in [6.07, 6.45) is 50.4. The van der Waals surface area contributed by atoms with Crippen molar-refractivity contribution >= 4 is 37.4 Å². The van der Waals surface area contributed by atoms with E-state index in [-0.39, 0.29) is 262 Å². The van der Waals surface area contributed by atoms with Gasteiger partial charge in [-0.25, -0.2) is 14.4 Å². The molecule has 0 amide bonds. The van der Waals surface area contributed by atoms with Crippen molar-refractivity contribution in [1.82, 2.24) is 0 Å². The molecule has 0 heterocycles. The second-order valence-electron chi connectivity index (χ2n) is 17.2. The van der Waals surface area contributed by atoms with Crippen LogP contribution in [0.5, 0.6) is 0 Å². The van der Waals surface area contributed by atoms with Crippen molar-refractivity contribution in [2.45, 2.75) is 220 Å². The van der Waals surface area contributed by atoms with E-state index < -0.39 is 18.5 Å². The van der Waals surface area contributed by atoms with E-state index in [1.54, 1.807) is 0 Å². The molecular formula is C73H154K4O21. The molecule has 0 unspecified atom stereocenters. The Balaban J connectivity index is -0.0000000174. The molecule has 0 aliphatic heterocycles. The van der Waals surface area contributed by atoms with Crippen LogP contribution in [-0.2, 0) is 57.3 Å². The normalized spacial score (nSPS) is 7.20. The summed E-state index contributed by atoms with van der Waals surface area (Å²) in [5.74, 6) is 46.8. The van der Waals surface area contributed by atoms with Crippen LogP contribution in [0, 0.1) is 143 Å². The van der Waals surface area contributed by atoms with Crippen LogP contribution in [-0.4, -0.2) is 120 Å². The van der Waals surface area contributed by atoms with Gasteiger partial charge in [0.1, 0.15) is 12.2 Å². The maximum Gasteiger partial charge on any atom is 1.00 e. The maximum absolute atomic E-state index is 11.3. The number of carbonyl (C=O) groups excluding carboxylic acids is 6. The Morgan fingerprint density at radius 3 is 0.765 bits per heavy atom. The molecule has 0 spiro atoms. The largest absolute Gasteiger partial charge is 1.00 e. The summed E-state index contributed by atoms with van der Waals surface area (Å²) in [5, 5.41) is 48.0. The van der Waals surface area contributed by atoms with Gasteiger partial charge in [0.25, 0.3) is 12.9 Å². The van der Waals surface area contributed by atoms with Crippen LogP contribution >= 0.6 is 0 Å². The molecule has 0 atom stereocenters. The predicted octanol–water partition coefficient (Wildman–Crippen LogP) is 3.65. The topological polar surface area (TPSA) is 313 Å². The van der Waals surface area contributed by atoms with E-state index in [4.69, 9.17) is 58.1 Å². The number of rotatable bonds is 33. The minimum absolute atomic E-state index is 0. The van der Waals surface area contributed by atoms with E-state index >= 15 is 0 Å². The molecule has 0 aromatic rings. The van der Waals surface area contributed by atoms with Crippen molar-refractivity contribution in [1.29, 1.82) is 0 Å². The van der Waals surface area contributed by atoms with Gasteiger partial charge in [0.15, 0.2) is 0 Å². The second-order valence-corrected chi connectivity index (χ2v) is 17.2. The molecule has 0 aromatic carbocycles. The Hall–Kier alpha value is -2.75. The number of terminal acetylenes is 2. The van der Waals surface area contributed by atoms with Crippen LogP contribution < -0.4 is 216 Å². The third-order valence-electron chi connectivity index (χ3n) is 10.1. The fourth-order valence-electron chi connectivity index (χ4n) is 5.79. The average molecular weight is 1520 g/mol. The number of carbonyl (C=O) groups is 6. The first-order valence-electron chi connectivity index (χ1n) is 30.6. The fraction of sp³-hybridized carbons (Fsp3) is 0.589. The van der Waals surface area contributed by atoms with Gasteiger partial charge in [0.05, 0.1) is 35.0 Å². The van der Waals surface area contributed by atoms with Gasteiger partial charge in [-0.05, 0) is 78.5 Å². The van der Waals surface area contributed by atoms with Gasteiger partial charge in [0, 0.05) is 128 Å². The number of unbranched alkanes of at least 4 members (excludes halogenated alkanes) is 27. The monoisotopic (exact) mass is 1520 g/mol. The zero-order valence-electron chi connectivity index (χ0n) is 63.4. The van der Waals surface area contributed by atoms with Crippen LogP contribution in [0.4, 0.5) is 14.4 Å². The first-order valence-corrected chi connectivity index (χ1v) is 30.6. The first kappa shape index (κ1) is 128. The molecule has 0 aliphatic carbocycles. The molecule has 0 fully saturated rings. The number of hydrogen-bond acceptors (Lipinski definition) is 21. The molecule has 25 heteroatoms. The second kappa shape index (κ2) is 145. The van der Waals surface area contributed by atoms with Gasteiger partial charge in [-0.2, -0.15) is 0 Å². The van der Waals surface area contributed by atoms with Crippen molar-refractivity contribution in [3.8, 4) is 143 Å².